The van der Waals surface area contributed by atoms with E-state index < -0.39 is 20.0 Å². The molecule has 0 aliphatic heterocycles. The first-order valence-corrected chi connectivity index (χ1v) is 29.3. The fourth-order valence-corrected chi connectivity index (χ4v) is 8.95. The summed E-state index contributed by atoms with van der Waals surface area (Å²) in [5.74, 6) is -0.170. The van der Waals surface area contributed by atoms with Crippen LogP contribution < -0.4 is 10.2 Å². The Labute approximate surface area is 404 Å². The third kappa shape index (κ3) is 50.4. The Balaban J connectivity index is 4.22. The van der Waals surface area contributed by atoms with Gasteiger partial charge in [-0.3, -0.25) is 9.36 Å². The molecule has 2 N–H and O–H groups in total. The molecule has 0 heterocycles. The van der Waals surface area contributed by atoms with Gasteiger partial charge in [0.2, 0.25) is 5.91 Å². The summed E-state index contributed by atoms with van der Waals surface area (Å²) in [4.78, 5) is 25.5. The lowest BCUT2D eigenvalue weighted by molar-refractivity contribution is -0.870. The van der Waals surface area contributed by atoms with E-state index in [9.17, 15) is 19.4 Å². The first-order valence-electron chi connectivity index (χ1n) is 27.8. The van der Waals surface area contributed by atoms with Crippen LogP contribution in [0.1, 0.15) is 264 Å². The summed E-state index contributed by atoms with van der Waals surface area (Å²) < 4.78 is 23.4. The lowest BCUT2D eigenvalue weighted by Gasteiger charge is -2.30. The average Bonchev–Trinajstić information content (AvgIpc) is 3.26. The maximum Gasteiger partial charge on any atom is 0.268 e. The minimum absolute atomic E-state index is 0.0105. The van der Waals surface area contributed by atoms with Crippen LogP contribution in [-0.4, -0.2) is 68.5 Å². The van der Waals surface area contributed by atoms with Crippen molar-refractivity contribution < 1.29 is 32.9 Å². The third-order valence-corrected chi connectivity index (χ3v) is 13.6. The van der Waals surface area contributed by atoms with Gasteiger partial charge in [-0.25, -0.2) is 0 Å². The molecular formula is C56H109N2O6P. The number of amides is 1. The summed E-state index contributed by atoms with van der Waals surface area (Å²) in [5, 5.41) is 14.0. The molecule has 0 aromatic carbocycles. The molecule has 0 spiro atoms. The average molecular weight is 937 g/mol. The molecule has 0 rings (SSSR count). The fourth-order valence-electron chi connectivity index (χ4n) is 8.22. The van der Waals surface area contributed by atoms with Crippen LogP contribution in [-0.2, 0) is 18.4 Å². The fraction of sp³-hybridized carbons (Fsp3) is 0.875. The van der Waals surface area contributed by atoms with Gasteiger partial charge in [0.05, 0.1) is 39.9 Å². The standard InChI is InChI=1S/C56H109N2O6P/c1-6-8-10-12-14-16-18-20-22-24-26-28-29-30-32-34-36-38-40-42-44-46-48-50-56(60)57-54(53-64-65(61,62)63-52-51-58(3,4)5)55(59)49-47-45-43-41-39-37-35-33-31-27-25-23-21-19-17-15-13-11-9-7-2/h18,20,24,26,29-30,54-55,59H,6-17,19,21-23,25,27-28,31-53H2,1-5H3,(H-,57,60,61,62)/b20-18-,26-24-,30-29-. The van der Waals surface area contributed by atoms with Crippen molar-refractivity contribution in [3.63, 3.8) is 0 Å². The van der Waals surface area contributed by atoms with Gasteiger partial charge < -0.3 is 28.8 Å². The van der Waals surface area contributed by atoms with Crippen LogP contribution >= 0.6 is 7.82 Å². The Bertz CT molecular complexity index is 1150. The highest BCUT2D eigenvalue weighted by molar-refractivity contribution is 7.45. The normalized spacial score (nSPS) is 14.3. The maximum absolute atomic E-state index is 13.0. The number of nitrogens with zero attached hydrogens (tertiary/aromatic N) is 1. The lowest BCUT2D eigenvalue weighted by Crippen LogP contribution is -2.46. The number of nitrogens with one attached hydrogen (secondary N) is 1. The first-order chi connectivity index (χ1) is 31.5. The first kappa shape index (κ1) is 63.7. The summed E-state index contributed by atoms with van der Waals surface area (Å²) in [6, 6.07) is -0.805. The maximum atomic E-state index is 13.0. The van der Waals surface area contributed by atoms with Gasteiger partial charge in [0.1, 0.15) is 13.2 Å². The van der Waals surface area contributed by atoms with Gasteiger partial charge in [-0.05, 0) is 51.4 Å². The number of phosphoric acid groups is 1. The summed E-state index contributed by atoms with van der Waals surface area (Å²) in [6.07, 6.45) is 60.2. The van der Waals surface area contributed by atoms with Crippen molar-refractivity contribution in [2.45, 2.75) is 276 Å². The second-order valence-corrected chi connectivity index (χ2v) is 21.7. The summed E-state index contributed by atoms with van der Waals surface area (Å²) in [6.45, 7) is 4.73. The highest BCUT2D eigenvalue weighted by atomic mass is 31.2. The molecule has 0 aromatic heterocycles. The van der Waals surface area contributed by atoms with Crippen LogP contribution in [0.4, 0.5) is 0 Å². The van der Waals surface area contributed by atoms with E-state index in [2.05, 4.69) is 55.6 Å². The number of aliphatic hydroxyl groups excluding tert-OH is 1. The smallest absolute Gasteiger partial charge is 0.268 e. The predicted octanol–water partition coefficient (Wildman–Crippen LogP) is 16.0. The molecule has 0 aromatic rings. The Hall–Kier alpha value is -1.28. The molecule has 8 nitrogen and oxygen atoms in total. The Morgan fingerprint density at radius 1 is 0.538 bits per heavy atom. The van der Waals surface area contributed by atoms with E-state index in [1.807, 2.05) is 21.1 Å². The molecular weight excluding hydrogens is 828 g/mol. The zero-order chi connectivity index (χ0) is 47.8. The zero-order valence-electron chi connectivity index (χ0n) is 43.7. The van der Waals surface area contributed by atoms with Crippen LogP contribution in [0.2, 0.25) is 0 Å². The second kappa shape index (κ2) is 47.8. The van der Waals surface area contributed by atoms with Crippen molar-refractivity contribution in [2.75, 3.05) is 40.9 Å². The van der Waals surface area contributed by atoms with Gasteiger partial charge in [0.15, 0.2) is 0 Å². The third-order valence-electron chi connectivity index (χ3n) is 12.6. The number of likely N-dealkylation sites (N-methyl/N-ethyl adjacent to an activating group) is 1. The molecule has 3 unspecified atom stereocenters. The number of rotatable bonds is 51. The number of carbonyl (C=O) groups excluding carboxylic acids is 1. The number of phosphoric ester groups is 1. The number of unbranched alkanes of at least 4 members (excludes halogenated alkanes) is 32. The number of carbonyl (C=O) groups is 1. The van der Waals surface area contributed by atoms with Gasteiger partial charge in [0, 0.05) is 6.42 Å². The molecule has 0 saturated heterocycles. The molecule has 0 fully saturated rings. The minimum Gasteiger partial charge on any atom is -0.756 e. The predicted molar refractivity (Wildman–Crippen MR) is 279 cm³/mol. The van der Waals surface area contributed by atoms with E-state index in [0.29, 0.717) is 23.9 Å². The number of hydrogen-bond donors (Lipinski definition) is 2. The molecule has 0 bridgehead atoms. The van der Waals surface area contributed by atoms with E-state index in [0.717, 1.165) is 57.8 Å². The topological polar surface area (TPSA) is 108 Å². The minimum atomic E-state index is -4.57. The van der Waals surface area contributed by atoms with Crippen molar-refractivity contribution in [1.82, 2.24) is 5.32 Å². The van der Waals surface area contributed by atoms with Crippen LogP contribution in [0, 0.1) is 0 Å². The largest absolute Gasteiger partial charge is 0.756 e. The molecule has 1 amide bonds. The molecule has 3 atom stereocenters. The van der Waals surface area contributed by atoms with E-state index in [-0.39, 0.29) is 19.1 Å². The van der Waals surface area contributed by atoms with Gasteiger partial charge in [-0.2, -0.15) is 0 Å². The van der Waals surface area contributed by atoms with Crippen LogP contribution in [0.3, 0.4) is 0 Å². The summed E-state index contributed by atoms with van der Waals surface area (Å²) in [7, 11) is 1.30. The van der Waals surface area contributed by atoms with Crippen molar-refractivity contribution >= 4 is 13.7 Å². The SMILES string of the molecule is CCCCCCC/C=C\C/C=C\C/C=C\CCCCCCCCCCC(=O)NC(COP(=O)([O-])OCC[N+](C)(C)C)C(O)CCCCCCCCCCCCCCCCCCCCCC. The molecule has 9 heteroatoms. The van der Waals surface area contributed by atoms with Crippen molar-refractivity contribution in [1.29, 1.82) is 0 Å². The van der Waals surface area contributed by atoms with Crippen molar-refractivity contribution in [3.8, 4) is 0 Å². The Morgan fingerprint density at radius 2 is 0.892 bits per heavy atom. The Kier molecular flexibility index (Phi) is 46.8. The Morgan fingerprint density at radius 3 is 1.29 bits per heavy atom. The monoisotopic (exact) mass is 937 g/mol. The quantitative estimate of drug-likeness (QED) is 0.0272. The van der Waals surface area contributed by atoms with E-state index in [4.69, 9.17) is 9.05 Å². The van der Waals surface area contributed by atoms with Gasteiger partial charge in [-0.1, -0.05) is 243 Å². The van der Waals surface area contributed by atoms with E-state index >= 15 is 0 Å². The van der Waals surface area contributed by atoms with E-state index in [1.54, 1.807) is 0 Å². The number of aliphatic hydroxyl groups is 1. The molecule has 0 aliphatic carbocycles. The number of allylic oxidation sites excluding steroid dienone is 6. The lowest BCUT2D eigenvalue weighted by atomic mass is 10.0. The number of hydrogen-bond acceptors (Lipinski definition) is 6. The van der Waals surface area contributed by atoms with Gasteiger partial charge >= 0.3 is 0 Å². The molecule has 384 valence electrons. The van der Waals surface area contributed by atoms with Crippen LogP contribution in [0.15, 0.2) is 36.5 Å². The summed E-state index contributed by atoms with van der Waals surface area (Å²) in [5.41, 5.74) is 0. The van der Waals surface area contributed by atoms with Crippen molar-refractivity contribution in [3.05, 3.63) is 36.5 Å². The number of quaternary nitrogens is 1. The molecule has 65 heavy (non-hydrogen) atoms. The van der Waals surface area contributed by atoms with Gasteiger partial charge in [0.25, 0.3) is 7.82 Å². The van der Waals surface area contributed by atoms with E-state index in [1.165, 1.54) is 180 Å². The highest BCUT2D eigenvalue weighted by Crippen LogP contribution is 2.38. The zero-order valence-corrected chi connectivity index (χ0v) is 44.6. The van der Waals surface area contributed by atoms with Crippen LogP contribution in [0.25, 0.3) is 0 Å². The molecule has 0 radical (unpaired) electrons. The van der Waals surface area contributed by atoms with Crippen LogP contribution in [0.5, 0.6) is 0 Å². The summed E-state index contributed by atoms with van der Waals surface area (Å²) >= 11 is 0. The second-order valence-electron chi connectivity index (χ2n) is 20.3. The van der Waals surface area contributed by atoms with Crippen molar-refractivity contribution in [2.24, 2.45) is 0 Å². The highest BCUT2D eigenvalue weighted by Gasteiger charge is 2.24. The van der Waals surface area contributed by atoms with Gasteiger partial charge in [-0.15, -0.1) is 0 Å². The molecule has 0 saturated carbocycles. The molecule has 0 aliphatic rings.